The van der Waals surface area contributed by atoms with Crippen LogP contribution in [0.25, 0.3) is 0 Å². The highest BCUT2D eigenvalue weighted by molar-refractivity contribution is 6.33. The number of hydrogen-bond donors (Lipinski definition) is 3. The number of halogens is 1. The lowest BCUT2D eigenvalue weighted by Crippen LogP contribution is -2.22. The summed E-state index contributed by atoms with van der Waals surface area (Å²) >= 11 is 6.13. The first-order valence-electron chi connectivity index (χ1n) is 5.57. The molecule has 1 aliphatic heterocycles. The molecule has 3 N–H and O–H groups in total. The van der Waals surface area contributed by atoms with E-state index in [0.29, 0.717) is 18.1 Å². The predicted molar refractivity (Wildman–Crippen MR) is 66.3 cm³/mol. The van der Waals surface area contributed by atoms with Crippen LogP contribution in [0, 0.1) is 0 Å². The summed E-state index contributed by atoms with van der Waals surface area (Å²) in [7, 11) is 0. The Morgan fingerprint density at radius 1 is 1.29 bits per heavy atom. The molecule has 1 saturated heterocycles. The number of aliphatic hydroxyl groups excluding tert-OH is 3. The van der Waals surface area contributed by atoms with Crippen molar-refractivity contribution in [3.8, 4) is 0 Å². The third kappa shape index (κ3) is 2.55. The molecule has 0 radical (unpaired) electrons. The Balaban J connectivity index is 2.23. The molecule has 3 atom stereocenters. The number of benzene rings is 1. The fourth-order valence-corrected chi connectivity index (χ4v) is 2.31. The Morgan fingerprint density at radius 3 is 2.35 bits per heavy atom. The van der Waals surface area contributed by atoms with E-state index in [9.17, 15) is 15.3 Å². The Labute approximate surface area is 105 Å². The first kappa shape index (κ1) is 12.6. The van der Waals surface area contributed by atoms with Crippen LogP contribution < -0.4 is 4.90 Å². The van der Waals surface area contributed by atoms with E-state index in [1.54, 1.807) is 25.1 Å². The van der Waals surface area contributed by atoms with Gasteiger partial charge in [-0.25, -0.2) is 0 Å². The maximum Gasteiger partial charge on any atom is 0.0990 e. The largest absolute Gasteiger partial charge is 0.389 e. The summed E-state index contributed by atoms with van der Waals surface area (Å²) in [4.78, 5) is 1.84. The van der Waals surface area contributed by atoms with E-state index in [0.717, 1.165) is 11.3 Å². The molecule has 0 aromatic heterocycles. The number of β-amino-alcohol motifs (C(OH)–C–C–N with tert-alkyl or cyclic N) is 2. The van der Waals surface area contributed by atoms with Gasteiger partial charge in [-0.3, -0.25) is 0 Å². The maximum absolute atomic E-state index is 9.49. The molecule has 2 unspecified atom stereocenters. The fraction of sp³-hybridized carbons (Fsp3) is 0.500. The van der Waals surface area contributed by atoms with E-state index in [1.165, 1.54) is 0 Å². The molecule has 0 aliphatic carbocycles. The molecule has 0 bridgehead atoms. The molecule has 1 aromatic rings. The van der Waals surface area contributed by atoms with Crippen molar-refractivity contribution in [1.82, 2.24) is 0 Å². The average molecular weight is 258 g/mol. The molecule has 17 heavy (non-hydrogen) atoms. The first-order valence-corrected chi connectivity index (χ1v) is 5.95. The topological polar surface area (TPSA) is 63.9 Å². The van der Waals surface area contributed by atoms with E-state index in [-0.39, 0.29) is 0 Å². The van der Waals surface area contributed by atoms with Crippen molar-refractivity contribution in [2.45, 2.75) is 25.2 Å². The molecular weight excluding hydrogens is 242 g/mol. The third-order valence-electron chi connectivity index (χ3n) is 3.05. The smallest absolute Gasteiger partial charge is 0.0990 e. The van der Waals surface area contributed by atoms with Gasteiger partial charge in [-0.05, 0) is 24.6 Å². The van der Waals surface area contributed by atoms with Crippen molar-refractivity contribution in [2.24, 2.45) is 0 Å². The minimum Gasteiger partial charge on any atom is -0.389 e. The average Bonchev–Trinajstić information content (AvgIpc) is 2.58. The van der Waals surface area contributed by atoms with Crippen molar-refractivity contribution in [3.63, 3.8) is 0 Å². The Hall–Kier alpha value is -0.810. The van der Waals surface area contributed by atoms with E-state index in [2.05, 4.69) is 0 Å². The zero-order valence-corrected chi connectivity index (χ0v) is 10.3. The number of anilines is 1. The van der Waals surface area contributed by atoms with Crippen molar-refractivity contribution in [3.05, 3.63) is 28.8 Å². The standard InChI is InChI=1S/C12H16ClNO3/c1-7(15)8-2-3-10(9(13)4-8)14-5-11(16)12(17)6-14/h2-4,7,11-12,15-17H,5-6H2,1H3/t7-,11?,12?/m1/s1. The molecule has 94 valence electrons. The Kier molecular flexibility index (Phi) is 3.58. The lowest BCUT2D eigenvalue weighted by Gasteiger charge is -2.20. The molecule has 1 fully saturated rings. The van der Waals surface area contributed by atoms with Crippen LogP contribution in [0.3, 0.4) is 0 Å². The highest BCUT2D eigenvalue weighted by atomic mass is 35.5. The van der Waals surface area contributed by atoms with Crippen LogP contribution in [0.1, 0.15) is 18.6 Å². The van der Waals surface area contributed by atoms with Gasteiger partial charge in [-0.15, -0.1) is 0 Å². The van der Waals surface area contributed by atoms with Crippen molar-refractivity contribution < 1.29 is 15.3 Å². The second-order valence-corrected chi connectivity index (χ2v) is 4.83. The summed E-state index contributed by atoms with van der Waals surface area (Å²) in [5.74, 6) is 0. The highest BCUT2D eigenvalue weighted by Crippen LogP contribution is 2.31. The summed E-state index contributed by atoms with van der Waals surface area (Å²) < 4.78 is 0. The van der Waals surface area contributed by atoms with Crippen LogP contribution in [0.5, 0.6) is 0 Å². The monoisotopic (exact) mass is 257 g/mol. The van der Waals surface area contributed by atoms with Gasteiger partial charge in [0.2, 0.25) is 0 Å². The highest BCUT2D eigenvalue weighted by Gasteiger charge is 2.30. The number of hydrogen-bond acceptors (Lipinski definition) is 4. The van der Waals surface area contributed by atoms with Gasteiger partial charge in [-0.2, -0.15) is 0 Å². The van der Waals surface area contributed by atoms with Gasteiger partial charge in [0.1, 0.15) is 0 Å². The molecule has 1 heterocycles. The van der Waals surface area contributed by atoms with Crippen LogP contribution in [-0.4, -0.2) is 40.6 Å². The number of rotatable bonds is 2. The van der Waals surface area contributed by atoms with Gasteiger partial charge < -0.3 is 20.2 Å². The molecule has 5 heteroatoms. The van der Waals surface area contributed by atoms with Crippen LogP contribution >= 0.6 is 11.6 Å². The number of aliphatic hydroxyl groups is 3. The second kappa shape index (κ2) is 4.82. The number of nitrogens with zero attached hydrogens (tertiary/aromatic N) is 1. The molecule has 0 saturated carbocycles. The SMILES string of the molecule is C[C@@H](O)c1ccc(N2CC(O)C(O)C2)c(Cl)c1. The van der Waals surface area contributed by atoms with Crippen molar-refractivity contribution in [1.29, 1.82) is 0 Å². The summed E-state index contributed by atoms with van der Waals surface area (Å²) in [6, 6.07) is 5.30. The normalized spacial score (nSPS) is 26.3. The Bertz CT molecular complexity index is 401. The van der Waals surface area contributed by atoms with Crippen molar-refractivity contribution in [2.75, 3.05) is 18.0 Å². The van der Waals surface area contributed by atoms with Crippen LogP contribution in [-0.2, 0) is 0 Å². The summed E-state index contributed by atoms with van der Waals surface area (Å²) in [6.45, 7) is 2.42. The van der Waals surface area contributed by atoms with Crippen LogP contribution in [0.4, 0.5) is 5.69 Å². The summed E-state index contributed by atoms with van der Waals surface area (Å²) in [5.41, 5.74) is 1.52. The third-order valence-corrected chi connectivity index (χ3v) is 3.36. The van der Waals surface area contributed by atoms with Gasteiger partial charge in [0.15, 0.2) is 0 Å². The maximum atomic E-state index is 9.49. The molecule has 1 aliphatic rings. The van der Waals surface area contributed by atoms with Crippen molar-refractivity contribution >= 4 is 17.3 Å². The zero-order valence-electron chi connectivity index (χ0n) is 9.55. The minimum absolute atomic E-state index is 0.370. The summed E-state index contributed by atoms with van der Waals surface area (Å²) in [5, 5.41) is 28.9. The van der Waals surface area contributed by atoms with Crippen LogP contribution in [0.2, 0.25) is 5.02 Å². The predicted octanol–water partition coefficient (Wildman–Crippen LogP) is 0.935. The van der Waals surface area contributed by atoms with E-state index in [4.69, 9.17) is 11.6 Å². The molecule has 1 aromatic carbocycles. The quantitative estimate of drug-likeness (QED) is 0.738. The van der Waals surface area contributed by atoms with E-state index >= 15 is 0 Å². The second-order valence-electron chi connectivity index (χ2n) is 4.43. The lowest BCUT2D eigenvalue weighted by molar-refractivity contribution is 0.0572. The van der Waals surface area contributed by atoms with Gasteiger partial charge in [-0.1, -0.05) is 17.7 Å². The van der Waals surface area contributed by atoms with Gasteiger partial charge >= 0.3 is 0 Å². The van der Waals surface area contributed by atoms with Gasteiger partial charge in [0.25, 0.3) is 0 Å². The molecule has 0 spiro atoms. The summed E-state index contributed by atoms with van der Waals surface area (Å²) in [6.07, 6.45) is -2.03. The Morgan fingerprint density at radius 2 is 1.88 bits per heavy atom. The first-order chi connectivity index (χ1) is 7.99. The van der Waals surface area contributed by atoms with E-state index in [1.807, 2.05) is 4.90 Å². The fourth-order valence-electron chi connectivity index (χ4n) is 2.01. The van der Waals surface area contributed by atoms with E-state index < -0.39 is 18.3 Å². The zero-order chi connectivity index (χ0) is 12.6. The lowest BCUT2D eigenvalue weighted by atomic mass is 10.1. The minimum atomic E-state index is -0.734. The van der Waals surface area contributed by atoms with Gasteiger partial charge in [0, 0.05) is 13.1 Å². The molecular formula is C12H16ClNO3. The van der Waals surface area contributed by atoms with Gasteiger partial charge in [0.05, 0.1) is 29.0 Å². The molecule has 4 nitrogen and oxygen atoms in total. The molecule has 0 amide bonds. The van der Waals surface area contributed by atoms with Crippen LogP contribution in [0.15, 0.2) is 18.2 Å². The molecule has 2 rings (SSSR count).